The Labute approximate surface area is 188 Å². The van der Waals surface area contributed by atoms with Crippen LogP contribution in [-0.2, 0) is 4.43 Å². The molecule has 0 aromatic heterocycles. The van der Waals surface area contributed by atoms with E-state index >= 15 is 0 Å². The number of fused-ring (bicyclic) bond motifs is 3. The van der Waals surface area contributed by atoms with Gasteiger partial charge in [0, 0.05) is 12.6 Å². The molecule has 2 unspecified atom stereocenters. The van der Waals surface area contributed by atoms with Crippen molar-refractivity contribution in [3.63, 3.8) is 0 Å². The maximum absolute atomic E-state index is 11.0. The summed E-state index contributed by atoms with van der Waals surface area (Å²) < 4.78 is 7.14. The number of hydrogen-bond acceptors (Lipinski definition) is 4. The van der Waals surface area contributed by atoms with Crippen molar-refractivity contribution in [2.45, 2.75) is 63.3 Å². The van der Waals surface area contributed by atoms with Gasteiger partial charge in [-0.2, -0.15) is 0 Å². The SMILES string of the molecule is CC(O)[C@@]1(O)CN2CC[C@H]1C[C@H]2CO[Si](c1ccccc1)(c1ccccc1)C(C)(C)C. The third kappa shape index (κ3) is 3.91. The van der Waals surface area contributed by atoms with Gasteiger partial charge in [-0.15, -0.1) is 0 Å². The number of piperidine rings is 3. The molecule has 168 valence electrons. The fourth-order valence-electron chi connectivity index (χ4n) is 5.85. The van der Waals surface area contributed by atoms with Gasteiger partial charge >= 0.3 is 0 Å². The topological polar surface area (TPSA) is 52.9 Å². The van der Waals surface area contributed by atoms with E-state index in [1.807, 2.05) is 0 Å². The molecular weight excluding hydrogens is 402 g/mol. The Morgan fingerprint density at radius 2 is 1.61 bits per heavy atom. The third-order valence-electron chi connectivity index (χ3n) is 7.63. The van der Waals surface area contributed by atoms with E-state index in [1.165, 1.54) is 10.4 Å². The number of aliphatic hydroxyl groups is 2. The number of rotatable bonds is 6. The highest BCUT2D eigenvalue weighted by Crippen LogP contribution is 2.42. The van der Waals surface area contributed by atoms with E-state index in [0.29, 0.717) is 13.2 Å². The van der Waals surface area contributed by atoms with Crippen LogP contribution in [0.4, 0.5) is 0 Å². The molecule has 0 amide bonds. The lowest BCUT2D eigenvalue weighted by Crippen LogP contribution is -2.70. The summed E-state index contributed by atoms with van der Waals surface area (Å²) in [6, 6.07) is 21.8. The van der Waals surface area contributed by atoms with Crippen LogP contribution in [-0.4, -0.2) is 60.9 Å². The summed E-state index contributed by atoms with van der Waals surface area (Å²) >= 11 is 0. The van der Waals surface area contributed by atoms with Crippen LogP contribution >= 0.6 is 0 Å². The van der Waals surface area contributed by atoms with Gasteiger partial charge in [-0.05, 0) is 47.6 Å². The molecule has 31 heavy (non-hydrogen) atoms. The fraction of sp³-hybridized carbons (Fsp3) is 0.538. The molecule has 3 heterocycles. The van der Waals surface area contributed by atoms with E-state index in [4.69, 9.17) is 4.43 Å². The standard InChI is InChI=1S/C26H37NO3Si/c1-20(28)26(29)19-27-16-15-21(26)17-22(27)18-30-31(25(2,3)4,23-11-7-5-8-12-23)24-13-9-6-10-14-24/h5-14,20-22,28-29H,15-19H2,1-4H3/t20?,21-,22-,26-/m0/s1. The van der Waals surface area contributed by atoms with E-state index in [-0.39, 0.29) is 17.0 Å². The van der Waals surface area contributed by atoms with E-state index in [0.717, 1.165) is 19.4 Å². The van der Waals surface area contributed by atoms with Crippen LogP contribution in [0.15, 0.2) is 60.7 Å². The van der Waals surface area contributed by atoms with E-state index in [9.17, 15) is 10.2 Å². The number of aliphatic hydroxyl groups excluding tert-OH is 1. The van der Waals surface area contributed by atoms with Gasteiger partial charge in [0.05, 0.1) is 12.7 Å². The Bertz CT molecular complexity index is 828. The summed E-state index contributed by atoms with van der Waals surface area (Å²) in [6.07, 6.45) is 1.11. The average molecular weight is 440 g/mol. The summed E-state index contributed by atoms with van der Waals surface area (Å²) in [5, 5.41) is 23.8. The highest BCUT2D eigenvalue weighted by Gasteiger charge is 2.54. The first-order chi connectivity index (χ1) is 14.7. The zero-order valence-electron chi connectivity index (χ0n) is 19.3. The molecule has 0 radical (unpaired) electrons. The zero-order chi connectivity index (χ0) is 22.3. The summed E-state index contributed by atoms with van der Waals surface area (Å²) in [5.74, 6) is 0.130. The van der Waals surface area contributed by atoms with Crippen LogP contribution in [0, 0.1) is 5.92 Å². The second-order valence-corrected chi connectivity index (χ2v) is 14.8. The van der Waals surface area contributed by atoms with Gasteiger partial charge in [-0.3, -0.25) is 4.90 Å². The molecule has 3 aliphatic rings. The molecule has 2 N–H and O–H groups in total. The second kappa shape index (κ2) is 8.45. The minimum atomic E-state index is -2.56. The predicted octanol–water partition coefficient (Wildman–Crippen LogP) is 2.77. The van der Waals surface area contributed by atoms with Crippen molar-refractivity contribution in [1.82, 2.24) is 4.90 Å². The van der Waals surface area contributed by atoms with Crippen LogP contribution in [0.1, 0.15) is 40.5 Å². The smallest absolute Gasteiger partial charge is 0.261 e. The lowest BCUT2D eigenvalue weighted by Gasteiger charge is -2.56. The van der Waals surface area contributed by atoms with Crippen molar-refractivity contribution < 1.29 is 14.6 Å². The van der Waals surface area contributed by atoms with Gasteiger partial charge in [-0.25, -0.2) is 0 Å². The van der Waals surface area contributed by atoms with Gasteiger partial charge in [0.1, 0.15) is 5.60 Å². The van der Waals surface area contributed by atoms with Crippen molar-refractivity contribution in [3.05, 3.63) is 60.7 Å². The molecule has 2 bridgehead atoms. The molecule has 3 saturated heterocycles. The Morgan fingerprint density at radius 1 is 1.06 bits per heavy atom. The highest BCUT2D eigenvalue weighted by molar-refractivity contribution is 6.99. The summed E-state index contributed by atoms with van der Waals surface area (Å²) in [6.45, 7) is 10.8. The van der Waals surface area contributed by atoms with Gasteiger partial charge in [0.15, 0.2) is 0 Å². The first-order valence-corrected chi connectivity index (χ1v) is 13.5. The van der Waals surface area contributed by atoms with Crippen LogP contribution < -0.4 is 10.4 Å². The van der Waals surface area contributed by atoms with E-state index < -0.39 is 20.0 Å². The molecule has 5 rings (SSSR count). The van der Waals surface area contributed by atoms with Crippen molar-refractivity contribution in [1.29, 1.82) is 0 Å². The van der Waals surface area contributed by atoms with Crippen LogP contribution in [0.5, 0.6) is 0 Å². The van der Waals surface area contributed by atoms with Gasteiger partial charge in [0.25, 0.3) is 8.32 Å². The van der Waals surface area contributed by atoms with Crippen molar-refractivity contribution in [3.8, 4) is 0 Å². The third-order valence-corrected chi connectivity index (χ3v) is 12.6. The lowest BCUT2D eigenvalue weighted by molar-refractivity contribution is -0.185. The average Bonchev–Trinajstić information content (AvgIpc) is 2.75. The van der Waals surface area contributed by atoms with E-state index in [2.05, 4.69) is 86.3 Å². The molecule has 0 aliphatic carbocycles. The minimum Gasteiger partial charge on any atom is -0.406 e. The van der Waals surface area contributed by atoms with Crippen molar-refractivity contribution in [2.24, 2.45) is 5.92 Å². The molecule has 5 atom stereocenters. The lowest BCUT2D eigenvalue weighted by atomic mass is 9.70. The largest absolute Gasteiger partial charge is 0.406 e. The maximum Gasteiger partial charge on any atom is 0.261 e. The van der Waals surface area contributed by atoms with Gasteiger partial charge < -0.3 is 14.6 Å². The van der Waals surface area contributed by atoms with Crippen LogP contribution in [0.2, 0.25) is 5.04 Å². The zero-order valence-corrected chi connectivity index (χ0v) is 20.3. The predicted molar refractivity (Wildman–Crippen MR) is 128 cm³/mol. The van der Waals surface area contributed by atoms with Crippen LogP contribution in [0.3, 0.4) is 0 Å². The monoisotopic (exact) mass is 439 g/mol. The first-order valence-electron chi connectivity index (χ1n) is 11.6. The Balaban J connectivity index is 1.66. The molecule has 0 spiro atoms. The second-order valence-electron chi connectivity index (χ2n) is 10.5. The highest BCUT2D eigenvalue weighted by atomic mass is 28.4. The van der Waals surface area contributed by atoms with Crippen molar-refractivity contribution in [2.75, 3.05) is 19.7 Å². The molecule has 3 fully saturated rings. The quantitative estimate of drug-likeness (QED) is 0.680. The van der Waals surface area contributed by atoms with Gasteiger partial charge in [-0.1, -0.05) is 81.4 Å². The summed E-state index contributed by atoms with van der Waals surface area (Å²) in [5.41, 5.74) is -0.994. The number of benzene rings is 2. The fourth-order valence-corrected chi connectivity index (χ4v) is 10.4. The Hall–Kier alpha value is -1.50. The van der Waals surface area contributed by atoms with Crippen molar-refractivity contribution >= 4 is 18.7 Å². The molecule has 2 aromatic rings. The summed E-state index contributed by atoms with van der Waals surface area (Å²) in [4.78, 5) is 2.34. The summed E-state index contributed by atoms with van der Waals surface area (Å²) in [7, 11) is -2.56. The Kier molecular flexibility index (Phi) is 6.18. The van der Waals surface area contributed by atoms with Gasteiger partial charge in [0.2, 0.25) is 0 Å². The Morgan fingerprint density at radius 3 is 2.03 bits per heavy atom. The molecule has 5 heteroatoms. The van der Waals surface area contributed by atoms with E-state index in [1.54, 1.807) is 6.92 Å². The number of nitrogens with zero attached hydrogens (tertiary/aromatic N) is 1. The normalized spacial score (nSPS) is 29.7. The molecule has 3 aliphatic heterocycles. The maximum atomic E-state index is 11.0. The number of hydrogen-bond donors (Lipinski definition) is 2. The minimum absolute atomic E-state index is 0.0426. The van der Waals surface area contributed by atoms with Crippen LogP contribution in [0.25, 0.3) is 0 Å². The molecule has 0 saturated carbocycles. The molecule has 4 nitrogen and oxygen atoms in total. The first kappa shape index (κ1) is 22.7. The molecular formula is C26H37NO3Si. The molecule has 2 aromatic carbocycles.